The van der Waals surface area contributed by atoms with Crippen molar-refractivity contribution in [3.63, 3.8) is 0 Å². The van der Waals surface area contributed by atoms with Crippen molar-refractivity contribution in [1.29, 1.82) is 0 Å². The molecule has 6 nitrogen and oxygen atoms in total. The summed E-state index contributed by atoms with van der Waals surface area (Å²) in [6.45, 7) is 42.2. The summed E-state index contributed by atoms with van der Waals surface area (Å²) in [6, 6.07) is 21.8. The average Bonchev–Trinajstić information content (AvgIpc) is 2.78. The Balaban J connectivity index is 2.02. The predicted octanol–water partition coefficient (Wildman–Crippen LogP) is 9.16. The van der Waals surface area contributed by atoms with Crippen LogP contribution in [-0.2, 0) is 8.23 Å². The van der Waals surface area contributed by atoms with E-state index in [1.807, 2.05) is 0 Å². The van der Waals surface area contributed by atoms with Gasteiger partial charge in [0, 0.05) is 0 Å². The molecule has 3 heterocycles. The molecule has 2 aromatic rings. The van der Waals surface area contributed by atoms with Gasteiger partial charge in [0.25, 0.3) is 0 Å². The Hall–Kier alpha value is -2.27. The Morgan fingerprint density at radius 1 is 0.435 bits per heavy atom. The quantitative estimate of drug-likeness (QED) is 0.300. The van der Waals surface area contributed by atoms with E-state index in [9.17, 15) is 0 Å². The van der Waals surface area contributed by atoms with Crippen LogP contribution < -0.4 is 0 Å². The van der Waals surface area contributed by atoms with E-state index in [1.54, 1.807) is 0 Å². The van der Waals surface area contributed by atoms with Gasteiger partial charge in [0.15, 0.2) is 0 Å². The Bertz CT molecular complexity index is 1490. The van der Waals surface area contributed by atoms with Crippen LogP contribution in [0, 0.1) is 0 Å². The number of hydrogen-bond acceptors (Lipinski definition) is 4. The Kier molecular flexibility index (Phi) is 7.04. The van der Waals surface area contributed by atoms with E-state index >= 15 is 0 Å². The van der Waals surface area contributed by atoms with E-state index in [0.717, 1.165) is 0 Å². The molecule has 0 amide bonds. The zero-order valence-corrected chi connectivity index (χ0v) is 34.4. The van der Waals surface area contributed by atoms with Gasteiger partial charge < -0.3 is 0 Å². The van der Waals surface area contributed by atoms with Crippen molar-refractivity contribution in [2.75, 3.05) is 0 Å². The second kappa shape index (κ2) is 9.24. The molecule has 2 aromatic carbocycles. The van der Waals surface area contributed by atoms with Crippen LogP contribution in [0.1, 0.15) is 136 Å². The summed E-state index contributed by atoms with van der Waals surface area (Å²) in [4.78, 5) is 0. The molecule has 3 aliphatic rings. The first-order chi connectivity index (χ1) is 20.5. The topological polar surface area (TPSA) is 31.0 Å². The van der Waals surface area contributed by atoms with Crippen molar-refractivity contribution >= 4 is 28.0 Å². The van der Waals surface area contributed by atoms with Crippen molar-refractivity contribution in [3.8, 4) is 0 Å². The first-order valence-electron chi connectivity index (χ1n) is 17.3. The molecule has 256 valence electrons. The molecule has 0 N–H and O–H groups in total. The third-order valence-corrected chi connectivity index (χ3v) is 28.2. The molecule has 3 aliphatic heterocycles. The van der Waals surface area contributed by atoms with Crippen molar-refractivity contribution in [2.45, 2.75) is 157 Å². The zero-order valence-electron chi connectivity index (χ0n) is 32.4. The Morgan fingerprint density at radius 3 is 0.891 bits per heavy atom. The van der Waals surface area contributed by atoms with E-state index < -0.39 is 16.3 Å². The first kappa shape index (κ1) is 35.1. The van der Waals surface area contributed by atoms with E-state index in [0.29, 0.717) is 0 Å². The second-order valence-corrected chi connectivity index (χ2v) is 30.4. The molecule has 1 fully saturated rings. The van der Waals surface area contributed by atoms with Gasteiger partial charge in [-0.05, 0) is 0 Å². The maximum absolute atomic E-state index is 8.70. The van der Waals surface area contributed by atoms with Gasteiger partial charge in [-0.15, -0.1) is 0 Å². The van der Waals surface area contributed by atoms with Crippen LogP contribution in [0.4, 0.5) is 0 Å². The van der Waals surface area contributed by atoms with Gasteiger partial charge in [-0.25, -0.2) is 0 Å². The third kappa shape index (κ3) is 3.87. The maximum atomic E-state index is 8.70. The molecule has 46 heavy (non-hydrogen) atoms. The molecule has 0 unspecified atom stereocenters. The zero-order chi connectivity index (χ0) is 35.0. The summed E-state index contributed by atoms with van der Waals surface area (Å²) >= 11 is 0. The van der Waals surface area contributed by atoms with E-state index in [-0.39, 0.29) is 32.2 Å². The number of amidine groups is 2. The summed E-state index contributed by atoms with van der Waals surface area (Å²) in [6.07, 6.45) is 0. The fourth-order valence-electron chi connectivity index (χ4n) is 9.38. The number of rotatable bonds is 2. The van der Waals surface area contributed by atoms with Gasteiger partial charge in [-0.1, -0.05) is 0 Å². The molecule has 5 rings (SSSR count). The van der Waals surface area contributed by atoms with Crippen LogP contribution in [0.15, 0.2) is 60.7 Å². The first-order valence-corrected chi connectivity index (χ1v) is 21.7. The second-order valence-electron chi connectivity index (χ2n) is 20.1. The Morgan fingerprint density at radius 2 is 0.696 bits per heavy atom. The van der Waals surface area contributed by atoms with Gasteiger partial charge in [0.05, 0.1) is 0 Å². The van der Waals surface area contributed by atoms with E-state index in [2.05, 4.69) is 203 Å². The van der Waals surface area contributed by atoms with Crippen LogP contribution in [-0.4, -0.2) is 67.8 Å². The minimum absolute atomic E-state index is 0.278. The van der Waals surface area contributed by atoms with Crippen molar-refractivity contribution in [2.24, 2.45) is 0 Å². The van der Waals surface area contributed by atoms with Crippen LogP contribution in [0.5, 0.6) is 0 Å². The third-order valence-electron chi connectivity index (χ3n) is 10.5. The summed E-state index contributed by atoms with van der Waals surface area (Å²) < 4.78 is 28.0. The molecule has 0 aliphatic carbocycles. The van der Waals surface area contributed by atoms with Crippen LogP contribution >= 0.6 is 0 Å². The molecule has 0 radical (unpaired) electrons. The molecule has 2 spiro atoms. The van der Waals surface area contributed by atoms with E-state index in [1.165, 1.54) is 22.8 Å². The molecule has 0 bridgehead atoms. The molecule has 0 saturated carbocycles. The fraction of sp³-hybridized carbons (Fsp3) is 0.632. The molecular formula is C38H64N4O2Si2. The normalized spacial score (nSPS) is 24.4. The number of hydrogen-bond donors (Lipinski definition) is 0. The Labute approximate surface area is 281 Å². The molecular weight excluding hydrogens is 601 g/mol. The summed E-state index contributed by atoms with van der Waals surface area (Å²) in [5.74, 6) is 2.41. The fourth-order valence-corrected chi connectivity index (χ4v) is 32.5. The van der Waals surface area contributed by atoms with Crippen molar-refractivity contribution in [3.05, 3.63) is 71.8 Å². The van der Waals surface area contributed by atoms with Gasteiger partial charge >= 0.3 is 282 Å². The van der Waals surface area contributed by atoms with Gasteiger partial charge in [0.2, 0.25) is 0 Å². The molecule has 1 saturated heterocycles. The summed E-state index contributed by atoms with van der Waals surface area (Å²) in [5, 5.41) is -0.705. The minimum atomic E-state index is -4.30. The molecule has 0 atom stereocenters. The average molecular weight is 665 g/mol. The van der Waals surface area contributed by atoms with Crippen LogP contribution in [0.25, 0.3) is 0 Å². The van der Waals surface area contributed by atoms with Crippen molar-refractivity contribution in [1.82, 2.24) is 9.13 Å². The van der Waals surface area contributed by atoms with E-state index in [4.69, 9.17) is 8.23 Å². The van der Waals surface area contributed by atoms with Gasteiger partial charge in [0.1, 0.15) is 0 Å². The standard InChI is InChI=1S/C38H64N4O2Si2/c1-33(2,3)39-31(29-25-21-19-22-26-29)40(34(4,5)6)45(39,37(13,14)15)43-46(44-45,38(16,17)18)41(35(7,8)9)32(42(46)36(10,11)12)30-27-23-20-24-28-30/h19-28H,1-18H3. The van der Waals surface area contributed by atoms with Crippen molar-refractivity contribution < 1.29 is 16.7 Å². The van der Waals surface area contributed by atoms with Crippen LogP contribution in [0.3, 0.4) is 0 Å². The van der Waals surface area contributed by atoms with Gasteiger partial charge in [-0.2, -0.15) is 0 Å². The number of nitrogens with zero attached hydrogens (tertiary/aromatic N) is 4. The summed E-state index contributed by atoms with van der Waals surface area (Å²) in [7, 11) is -8.60. The monoisotopic (exact) mass is 664 g/mol. The number of benzene rings is 2. The molecule has 0 aromatic heterocycles. The van der Waals surface area contributed by atoms with Crippen LogP contribution in [0.2, 0.25) is 10.1 Å². The summed E-state index contributed by atoms with van der Waals surface area (Å²) in [5.41, 5.74) is 1.29. The SMILES string of the molecule is CC(C)(C)N1C(c2ccccc2)=[N+](C(C)(C)C)[Si-]12(C(C)(C)C)O[Si-]1(C(C)(C)C)(O2)N(C(C)(C)C)C(c2ccccc2)=[N+]1C(C)(C)C. The molecule has 8 heteroatoms. The predicted molar refractivity (Wildman–Crippen MR) is 197 cm³/mol. The van der Waals surface area contributed by atoms with Gasteiger partial charge in [-0.3, -0.25) is 0 Å².